The Kier molecular flexibility index (Phi) is 9.35. The Morgan fingerprint density at radius 1 is 1.17 bits per heavy atom. The van der Waals surface area contributed by atoms with Gasteiger partial charge in [-0.15, -0.1) is 9.79 Å². The van der Waals surface area contributed by atoms with Crippen LogP contribution in [0.3, 0.4) is 0 Å². The molecule has 0 aromatic carbocycles. The molecule has 0 heterocycles. The zero-order valence-electron chi connectivity index (χ0n) is 6.68. The van der Waals surface area contributed by atoms with E-state index in [1.54, 1.807) is 0 Å². The van der Waals surface area contributed by atoms with Crippen LogP contribution in [0.25, 0.3) is 0 Å². The van der Waals surface area contributed by atoms with Gasteiger partial charge in [-0.3, -0.25) is 0 Å². The number of rotatable bonds is 4. The van der Waals surface area contributed by atoms with Crippen LogP contribution in [-0.2, 0) is 18.2 Å². The standard InChI is InChI=1S/CCl2O6P2.Na.H/c2-1(3,8-10(4)5)9-11(6)7;;/q;+1;-1/p+2. The van der Waals surface area contributed by atoms with E-state index in [0.29, 0.717) is 0 Å². The minimum absolute atomic E-state index is 0. The molecule has 2 atom stereocenters. The average molecular weight is 267 g/mol. The third-order valence-corrected chi connectivity index (χ3v) is 1.93. The topological polar surface area (TPSA) is 93.1 Å². The van der Waals surface area contributed by atoms with Crippen molar-refractivity contribution in [3.63, 3.8) is 0 Å². The fourth-order valence-electron chi connectivity index (χ4n) is 0.198. The van der Waals surface area contributed by atoms with Crippen LogP contribution in [0.2, 0.25) is 0 Å². The summed E-state index contributed by atoms with van der Waals surface area (Å²) in [5.74, 6) is 0. The van der Waals surface area contributed by atoms with Crippen LogP contribution >= 0.6 is 39.7 Å². The van der Waals surface area contributed by atoms with Gasteiger partial charge < -0.3 is 1.43 Å². The van der Waals surface area contributed by atoms with E-state index in [0.717, 1.165) is 0 Å². The Balaban J connectivity index is -0.000000500. The predicted molar refractivity (Wildman–Crippen MR) is 37.4 cm³/mol. The first kappa shape index (κ1) is 16.1. The van der Waals surface area contributed by atoms with Crippen molar-refractivity contribution in [1.82, 2.24) is 0 Å². The normalized spacial score (nSPS) is 13.3. The second-order valence-corrected chi connectivity index (χ2v) is 3.63. The third kappa shape index (κ3) is 9.71. The molecule has 0 aliphatic carbocycles. The van der Waals surface area contributed by atoms with Crippen molar-refractivity contribution < 1.29 is 58.9 Å². The maximum atomic E-state index is 9.90. The van der Waals surface area contributed by atoms with Gasteiger partial charge in [0.15, 0.2) is 0 Å². The van der Waals surface area contributed by atoms with Crippen molar-refractivity contribution in [2.75, 3.05) is 0 Å². The molecule has 6 nitrogen and oxygen atoms in total. The predicted octanol–water partition coefficient (Wildman–Crippen LogP) is -1.48. The molecule has 11 heteroatoms. The van der Waals surface area contributed by atoms with Crippen molar-refractivity contribution in [1.29, 1.82) is 0 Å². The summed E-state index contributed by atoms with van der Waals surface area (Å²) in [4.78, 5) is 16.1. The summed E-state index contributed by atoms with van der Waals surface area (Å²) in [6.45, 7) is 0. The van der Waals surface area contributed by atoms with Gasteiger partial charge >= 0.3 is 50.8 Å². The Morgan fingerprint density at radius 2 is 1.42 bits per heavy atom. The van der Waals surface area contributed by atoms with Gasteiger partial charge in [0.25, 0.3) is 0 Å². The van der Waals surface area contributed by atoms with Crippen molar-refractivity contribution in [3.05, 3.63) is 0 Å². The molecule has 0 fully saturated rings. The molecule has 0 aromatic rings. The quantitative estimate of drug-likeness (QED) is 0.279. The molecule has 12 heavy (non-hydrogen) atoms. The number of halogens is 2. The van der Waals surface area contributed by atoms with Crippen molar-refractivity contribution >= 4 is 39.7 Å². The summed E-state index contributed by atoms with van der Waals surface area (Å²) in [7, 11) is -6.20. The molecule has 2 unspecified atom stereocenters. The van der Waals surface area contributed by atoms with Crippen LogP contribution in [0, 0.1) is 0 Å². The molecule has 0 rings (SSSR count). The van der Waals surface area contributed by atoms with E-state index in [2.05, 4.69) is 9.05 Å². The molecule has 0 radical (unpaired) electrons. The maximum absolute atomic E-state index is 9.90. The van der Waals surface area contributed by atoms with Crippen molar-refractivity contribution in [2.24, 2.45) is 0 Å². The molecule has 0 spiro atoms. The van der Waals surface area contributed by atoms with Crippen molar-refractivity contribution in [3.8, 4) is 0 Å². The van der Waals surface area contributed by atoms with Gasteiger partial charge in [0.2, 0.25) is 0 Å². The van der Waals surface area contributed by atoms with Crippen LogP contribution in [0.5, 0.6) is 0 Å². The van der Waals surface area contributed by atoms with E-state index in [1.165, 1.54) is 0 Å². The SMILES string of the molecule is O=[P+](O)OC(Cl)(Cl)O[P+](=O)O.[H-].[Na+]. The van der Waals surface area contributed by atoms with Gasteiger partial charge in [0.05, 0.1) is 0 Å². The summed E-state index contributed by atoms with van der Waals surface area (Å²) >= 11 is 9.92. The molecule has 0 saturated heterocycles. The van der Waals surface area contributed by atoms with Gasteiger partial charge in [-0.1, -0.05) is 0 Å². The molecule has 0 aliphatic rings. The molecular formula is CH3Cl2NaO6P2+2. The second kappa shape index (κ2) is 6.98. The molecule has 0 aliphatic heterocycles. The molecule has 0 aromatic heterocycles. The van der Waals surface area contributed by atoms with E-state index < -0.39 is 21.2 Å². The third-order valence-electron chi connectivity index (χ3n) is 0.369. The first-order valence-electron chi connectivity index (χ1n) is 1.92. The Labute approximate surface area is 103 Å². The van der Waals surface area contributed by atoms with Crippen LogP contribution < -0.4 is 29.6 Å². The van der Waals surface area contributed by atoms with Crippen LogP contribution in [0.15, 0.2) is 0 Å². The molecule has 66 valence electrons. The molecular weight excluding hydrogens is 264 g/mol. The number of alkyl halides is 2. The Morgan fingerprint density at radius 3 is 1.58 bits per heavy atom. The van der Waals surface area contributed by atoms with Crippen LogP contribution in [0.4, 0.5) is 0 Å². The minimum Gasteiger partial charge on any atom is -1.00 e. The van der Waals surface area contributed by atoms with Crippen LogP contribution in [-0.4, -0.2) is 14.5 Å². The zero-order chi connectivity index (χ0) is 9.07. The first-order chi connectivity index (χ1) is 4.83. The second-order valence-electron chi connectivity index (χ2n) is 1.12. The van der Waals surface area contributed by atoms with E-state index in [1.807, 2.05) is 0 Å². The van der Waals surface area contributed by atoms with Gasteiger partial charge in [-0.05, 0) is 32.2 Å². The Bertz CT molecular complexity index is 171. The zero-order valence-corrected chi connectivity index (χ0v) is 11.0. The minimum atomic E-state index is -3.10. The van der Waals surface area contributed by atoms with Gasteiger partial charge in [-0.2, -0.15) is 0 Å². The van der Waals surface area contributed by atoms with E-state index in [4.69, 9.17) is 33.0 Å². The molecule has 0 amide bonds. The van der Waals surface area contributed by atoms with E-state index in [-0.39, 0.29) is 31.0 Å². The summed E-state index contributed by atoms with van der Waals surface area (Å²) in [6, 6.07) is 0. The summed E-state index contributed by atoms with van der Waals surface area (Å²) < 4.78 is 24.8. The average Bonchev–Trinajstić information content (AvgIpc) is 1.53. The fraction of sp³-hybridized carbons (Fsp3) is 1.00. The molecule has 2 N–H and O–H groups in total. The largest absolute Gasteiger partial charge is 1.00 e. The summed E-state index contributed by atoms with van der Waals surface area (Å²) in [5, 5.41) is 0. The first-order valence-corrected chi connectivity index (χ1v) is 4.93. The van der Waals surface area contributed by atoms with E-state index >= 15 is 0 Å². The van der Waals surface area contributed by atoms with Gasteiger partial charge in [-0.25, -0.2) is 0 Å². The number of hydrogen-bond acceptors (Lipinski definition) is 4. The molecule has 0 bridgehead atoms. The molecule has 0 saturated carbocycles. The Hall–Kier alpha value is 1.62. The summed E-state index contributed by atoms with van der Waals surface area (Å²) in [6.07, 6.45) is 0. The fourth-order valence-corrected chi connectivity index (χ4v) is 1.40. The monoisotopic (exact) mass is 266 g/mol. The maximum Gasteiger partial charge on any atom is 1.00 e. The van der Waals surface area contributed by atoms with Gasteiger partial charge in [0, 0.05) is 9.13 Å². The van der Waals surface area contributed by atoms with Crippen LogP contribution in [0.1, 0.15) is 1.43 Å². The van der Waals surface area contributed by atoms with Gasteiger partial charge in [0.1, 0.15) is 0 Å². The van der Waals surface area contributed by atoms with E-state index in [9.17, 15) is 9.13 Å². The smallest absolute Gasteiger partial charge is 1.00 e. The summed E-state index contributed by atoms with van der Waals surface area (Å²) in [5.41, 5.74) is 0. The number of hydrogen-bond donors (Lipinski definition) is 2. The van der Waals surface area contributed by atoms with Crippen molar-refractivity contribution in [2.45, 2.75) is 4.71 Å².